The summed E-state index contributed by atoms with van der Waals surface area (Å²) in [5.41, 5.74) is 0. The van der Waals surface area contributed by atoms with Gasteiger partial charge in [0.05, 0.1) is 0 Å². The Hall–Kier alpha value is 3.89. The average Bonchev–Trinajstić information content (AvgIpc) is 0. The Morgan fingerprint density at radius 1 is 1.00 bits per heavy atom. The van der Waals surface area contributed by atoms with Crippen molar-refractivity contribution in [1.29, 1.82) is 0 Å². The van der Waals surface area contributed by atoms with E-state index in [0.29, 0.717) is 0 Å². The fraction of sp³-hybridized carbons (Fsp3) is 0. The van der Waals surface area contributed by atoms with Crippen LogP contribution < -0.4 is 68.9 Å². The molecular weight excluding hydrogens is 244 g/mol. The fourth-order valence-electron chi connectivity index (χ4n) is 0. The van der Waals surface area contributed by atoms with Crippen molar-refractivity contribution in [1.82, 2.24) is 0 Å². The summed E-state index contributed by atoms with van der Waals surface area (Å²) in [4.78, 5) is 0. The van der Waals surface area contributed by atoms with Gasteiger partial charge >= 0.3 is 107 Å². The van der Waals surface area contributed by atoms with Gasteiger partial charge in [-0.3, -0.25) is 0 Å². The summed E-state index contributed by atoms with van der Waals surface area (Å²) < 4.78 is 0. The van der Waals surface area contributed by atoms with Crippen molar-refractivity contribution in [2.45, 2.75) is 0 Å². The van der Waals surface area contributed by atoms with Crippen molar-refractivity contribution < 1.29 is 73.2 Å². The Kier molecular flexibility index (Phi) is 97.7. The van der Waals surface area contributed by atoms with Crippen molar-refractivity contribution in [3.8, 4) is 0 Å². The second kappa shape index (κ2) is 15.8. The molecule has 0 fully saturated rings. The van der Waals surface area contributed by atoms with Crippen molar-refractivity contribution in [2.75, 3.05) is 0 Å². The normalized spacial score (nSPS) is 0. The first-order chi connectivity index (χ1) is 0. The van der Waals surface area contributed by atoms with E-state index < -0.39 is 0 Å². The molecule has 0 bridgehead atoms. The number of rotatable bonds is 0. The third kappa shape index (κ3) is 9.31. The molecule has 0 aliphatic heterocycles. The van der Waals surface area contributed by atoms with Crippen molar-refractivity contribution >= 4 is 62.6 Å². The van der Waals surface area contributed by atoms with Crippen LogP contribution in [-0.2, 0) is 0 Å². The molecule has 4 heteroatoms. The zero-order valence-corrected chi connectivity index (χ0v) is 12.6. The van der Waals surface area contributed by atoms with Crippen LogP contribution in [0.25, 0.3) is 0 Å². The first kappa shape index (κ1) is 24.7. The summed E-state index contributed by atoms with van der Waals surface area (Å²) in [6.07, 6.45) is 0. The number of hydrogen-bond donors (Lipinski definition) is 0. The molecule has 0 amide bonds. The van der Waals surface area contributed by atoms with Crippen LogP contribution in [0, 0.1) is 0 Å². The third-order valence-electron chi connectivity index (χ3n) is 0. The molecule has 0 aromatic carbocycles. The van der Waals surface area contributed by atoms with Gasteiger partial charge in [-0.1, -0.05) is 0 Å². The molecule has 0 saturated carbocycles. The summed E-state index contributed by atoms with van der Waals surface area (Å²) in [5.74, 6) is 0. The molecule has 0 aliphatic rings. The SMILES string of the molecule is Cl.Cl.[Ca+2].[Cs+].[H-].[H-].[H-]. The summed E-state index contributed by atoms with van der Waals surface area (Å²) in [5, 5.41) is 0. The van der Waals surface area contributed by atoms with Gasteiger partial charge in [0.15, 0.2) is 0 Å². The molecule has 0 aromatic rings. The second-order valence-electron chi connectivity index (χ2n) is 0. The molecule has 0 N–H and O–H groups in total. The molecule has 0 aliphatic carbocycles. The van der Waals surface area contributed by atoms with E-state index in [0.717, 1.165) is 0 Å². The van der Waals surface area contributed by atoms with Crippen LogP contribution in [0.15, 0.2) is 0 Å². The summed E-state index contributed by atoms with van der Waals surface area (Å²) >= 11 is 0. The van der Waals surface area contributed by atoms with Gasteiger partial charge in [0.25, 0.3) is 0 Å². The molecule has 0 rings (SSSR count). The maximum Gasteiger partial charge on any atom is 2.00 e. The van der Waals surface area contributed by atoms with E-state index in [1.165, 1.54) is 0 Å². The van der Waals surface area contributed by atoms with Gasteiger partial charge in [-0.15, -0.1) is 24.8 Å². The van der Waals surface area contributed by atoms with Gasteiger partial charge in [0.2, 0.25) is 0 Å². The minimum Gasteiger partial charge on any atom is -1.00 e. The molecule has 22 valence electrons. The fourth-order valence-corrected chi connectivity index (χ4v) is 0. The minimum atomic E-state index is 0. The predicted molar refractivity (Wildman–Crippen MR) is 23.6 cm³/mol. The van der Waals surface area contributed by atoms with Crippen LogP contribution in [0.1, 0.15) is 4.28 Å². The summed E-state index contributed by atoms with van der Waals surface area (Å²) in [6, 6.07) is 0. The maximum absolute atomic E-state index is 0. The first-order valence-electron chi connectivity index (χ1n) is 0. The van der Waals surface area contributed by atoms with E-state index in [-0.39, 0.29) is 136 Å². The van der Waals surface area contributed by atoms with Crippen LogP contribution in [0.2, 0.25) is 0 Å². The Balaban J connectivity index is 0. The molecule has 0 atom stereocenters. The van der Waals surface area contributed by atoms with Gasteiger partial charge < -0.3 is 4.28 Å². The van der Waals surface area contributed by atoms with E-state index in [1.807, 2.05) is 0 Å². The largest absolute Gasteiger partial charge is 2.00 e. The quantitative estimate of drug-likeness (QED) is 0.427. The van der Waals surface area contributed by atoms with Crippen molar-refractivity contribution in [3.05, 3.63) is 0 Å². The van der Waals surface area contributed by atoms with Crippen molar-refractivity contribution in [3.63, 3.8) is 0 Å². The van der Waals surface area contributed by atoms with E-state index in [1.54, 1.807) is 0 Å². The van der Waals surface area contributed by atoms with Crippen LogP contribution in [0.4, 0.5) is 0 Å². The van der Waals surface area contributed by atoms with Crippen LogP contribution >= 0.6 is 24.8 Å². The van der Waals surface area contributed by atoms with E-state index in [9.17, 15) is 0 Å². The van der Waals surface area contributed by atoms with Gasteiger partial charge in [0, 0.05) is 0 Å². The third-order valence-corrected chi connectivity index (χ3v) is 0. The Labute approximate surface area is 132 Å². The standard InChI is InChI=1S/Ca.2ClH.Cs.3H/h;2*1H;;;;/q+2;;;+1;3*-1. The molecule has 0 aromatic heterocycles. The summed E-state index contributed by atoms with van der Waals surface area (Å²) in [7, 11) is 0. The zero-order chi connectivity index (χ0) is 0. The van der Waals surface area contributed by atoms with Crippen LogP contribution in [0.3, 0.4) is 0 Å². The molecule has 0 radical (unpaired) electrons. The Bertz CT molecular complexity index is 12.9. The molecular formula is H5CaCl2Cs. The van der Waals surface area contributed by atoms with Crippen LogP contribution in [0.5, 0.6) is 0 Å². The van der Waals surface area contributed by atoms with Gasteiger partial charge in [-0.05, 0) is 0 Å². The second-order valence-corrected chi connectivity index (χ2v) is 0. The molecule has 0 unspecified atom stereocenters. The van der Waals surface area contributed by atoms with Crippen LogP contribution in [-0.4, -0.2) is 37.7 Å². The predicted octanol–water partition coefficient (Wildman–Crippen LogP) is -2.20. The van der Waals surface area contributed by atoms with Crippen molar-refractivity contribution in [2.24, 2.45) is 0 Å². The number of halogens is 2. The number of hydrogen-bond acceptors (Lipinski definition) is 0. The maximum atomic E-state index is 0. The molecule has 0 nitrogen and oxygen atoms in total. The molecule has 0 spiro atoms. The topological polar surface area (TPSA) is 0 Å². The van der Waals surface area contributed by atoms with Gasteiger partial charge in [-0.2, -0.15) is 0 Å². The Morgan fingerprint density at radius 3 is 1.00 bits per heavy atom. The molecule has 0 saturated heterocycles. The van der Waals surface area contributed by atoms with Gasteiger partial charge in [-0.25, -0.2) is 0 Å². The molecule has 4 heavy (non-hydrogen) atoms. The average molecular weight is 249 g/mol. The molecule has 0 heterocycles. The zero-order valence-electron chi connectivity index (χ0n) is 5.52. The summed E-state index contributed by atoms with van der Waals surface area (Å²) in [6.45, 7) is 0. The minimum absolute atomic E-state index is 0. The Morgan fingerprint density at radius 2 is 1.00 bits per heavy atom. The monoisotopic (exact) mass is 248 g/mol. The first-order valence-corrected chi connectivity index (χ1v) is 0. The van der Waals surface area contributed by atoms with E-state index >= 15 is 0 Å². The van der Waals surface area contributed by atoms with Gasteiger partial charge in [0.1, 0.15) is 0 Å². The van der Waals surface area contributed by atoms with E-state index in [4.69, 9.17) is 0 Å². The van der Waals surface area contributed by atoms with E-state index in [2.05, 4.69) is 0 Å². The smallest absolute Gasteiger partial charge is 1.00 e.